The Morgan fingerprint density at radius 3 is 3.00 bits per heavy atom. The molecular formula is C13H9NO2S. The van der Waals surface area contributed by atoms with Crippen molar-refractivity contribution in [2.45, 2.75) is 10.3 Å². The zero-order chi connectivity index (χ0) is 11.8. The van der Waals surface area contributed by atoms with E-state index in [1.165, 1.54) is 11.8 Å². The van der Waals surface area contributed by atoms with E-state index in [0.29, 0.717) is 0 Å². The van der Waals surface area contributed by atoms with Gasteiger partial charge in [0.1, 0.15) is 10.3 Å². The quantitative estimate of drug-likeness (QED) is 0.836. The Bertz CT molecular complexity index is 636. The summed E-state index contributed by atoms with van der Waals surface area (Å²) in [6.07, 6.45) is 3.54. The van der Waals surface area contributed by atoms with Gasteiger partial charge in [-0.3, -0.25) is 4.79 Å². The Kier molecular flexibility index (Phi) is 2.37. The highest BCUT2D eigenvalue weighted by Crippen LogP contribution is 2.33. The molecule has 1 aromatic heterocycles. The molecular weight excluding hydrogens is 234 g/mol. The second-order valence-corrected chi connectivity index (χ2v) is 4.94. The second kappa shape index (κ2) is 3.89. The van der Waals surface area contributed by atoms with E-state index in [1.54, 1.807) is 6.08 Å². The van der Waals surface area contributed by atoms with E-state index < -0.39 is 11.2 Å². The first-order valence-corrected chi connectivity index (χ1v) is 6.09. The standard InChI is InChI=1S/C13H9NO2S/c15-13(16)11-6-5-9-7-8-3-1-2-4-10(8)14-12(9)17-11/h1-7,11H,(H,15,16). The Morgan fingerprint density at radius 2 is 2.18 bits per heavy atom. The molecule has 84 valence electrons. The van der Waals surface area contributed by atoms with Crippen LogP contribution < -0.4 is 0 Å². The van der Waals surface area contributed by atoms with E-state index >= 15 is 0 Å². The van der Waals surface area contributed by atoms with Crippen LogP contribution in [0.2, 0.25) is 0 Å². The lowest BCUT2D eigenvalue weighted by molar-refractivity contribution is -0.135. The number of aromatic nitrogens is 1. The molecule has 0 fully saturated rings. The summed E-state index contributed by atoms with van der Waals surface area (Å²) >= 11 is 1.28. The summed E-state index contributed by atoms with van der Waals surface area (Å²) in [6.45, 7) is 0. The van der Waals surface area contributed by atoms with Gasteiger partial charge in [-0.1, -0.05) is 42.1 Å². The topological polar surface area (TPSA) is 50.2 Å². The van der Waals surface area contributed by atoms with Crippen LogP contribution in [-0.4, -0.2) is 21.3 Å². The molecule has 1 aliphatic heterocycles. The molecule has 0 radical (unpaired) electrons. The lowest BCUT2D eigenvalue weighted by Crippen LogP contribution is -2.15. The number of hydrogen-bond acceptors (Lipinski definition) is 3. The van der Waals surface area contributed by atoms with Gasteiger partial charge in [0, 0.05) is 10.9 Å². The number of carboxylic acids is 1. The van der Waals surface area contributed by atoms with Crippen LogP contribution in [0.4, 0.5) is 0 Å². The number of nitrogens with zero attached hydrogens (tertiary/aromatic N) is 1. The fraction of sp³-hybridized carbons (Fsp3) is 0.0769. The molecule has 0 aliphatic carbocycles. The first-order chi connectivity index (χ1) is 8.24. The van der Waals surface area contributed by atoms with E-state index in [4.69, 9.17) is 5.11 Å². The lowest BCUT2D eigenvalue weighted by atomic mass is 10.1. The number of fused-ring (bicyclic) bond motifs is 2. The van der Waals surface area contributed by atoms with Crippen LogP contribution >= 0.6 is 11.8 Å². The second-order valence-electron chi connectivity index (χ2n) is 3.81. The van der Waals surface area contributed by atoms with Gasteiger partial charge >= 0.3 is 5.97 Å². The molecule has 0 bridgehead atoms. The molecule has 3 rings (SSSR count). The SMILES string of the molecule is O=C(O)C1C=Cc2cc3ccccc3nc2S1. The molecule has 1 aromatic carbocycles. The molecule has 0 saturated carbocycles. The number of benzene rings is 1. The zero-order valence-electron chi connectivity index (χ0n) is 8.83. The monoisotopic (exact) mass is 243 g/mol. The summed E-state index contributed by atoms with van der Waals surface area (Å²) in [5.41, 5.74) is 1.89. The molecule has 0 saturated heterocycles. The predicted molar refractivity (Wildman–Crippen MR) is 68.1 cm³/mol. The van der Waals surface area contributed by atoms with Crippen molar-refractivity contribution in [2.24, 2.45) is 0 Å². The van der Waals surface area contributed by atoms with Crippen molar-refractivity contribution in [3.8, 4) is 0 Å². The number of para-hydroxylation sites is 1. The number of carbonyl (C=O) groups is 1. The highest BCUT2D eigenvalue weighted by molar-refractivity contribution is 8.00. The van der Waals surface area contributed by atoms with Crippen molar-refractivity contribution in [3.05, 3.63) is 42.0 Å². The molecule has 1 unspecified atom stereocenters. The zero-order valence-corrected chi connectivity index (χ0v) is 9.65. The number of hydrogen-bond donors (Lipinski definition) is 1. The van der Waals surface area contributed by atoms with Gasteiger partial charge < -0.3 is 5.11 Å². The van der Waals surface area contributed by atoms with Gasteiger partial charge in [0.25, 0.3) is 0 Å². The van der Waals surface area contributed by atoms with Crippen molar-refractivity contribution in [3.63, 3.8) is 0 Å². The third kappa shape index (κ3) is 1.80. The average Bonchev–Trinajstić information content (AvgIpc) is 2.35. The van der Waals surface area contributed by atoms with E-state index in [0.717, 1.165) is 21.5 Å². The molecule has 0 amide bonds. The van der Waals surface area contributed by atoms with Crippen LogP contribution in [-0.2, 0) is 4.79 Å². The Morgan fingerprint density at radius 1 is 1.35 bits per heavy atom. The number of aliphatic carboxylic acids is 1. The van der Waals surface area contributed by atoms with Gasteiger partial charge in [0.05, 0.1) is 5.52 Å². The van der Waals surface area contributed by atoms with Crippen LogP contribution in [0.5, 0.6) is 0 Å². The molecule has 3 nitrogen and oxygen atoms in total. The van der Waals surface area contributed by atoms with Crippen molar-refractivity contribution < 1.29 is 9.90 Å². The van der Waals surface area contributed by atoms with Crippen LogP contribution in [0.3, 0.4) is 0 Å². The maximum absolute atomic E-state index is 10.9. The van der Waals surface area contributed by atoms with Gasteiger partial charge in [-0.05, 0) is 12.1 Å². The minimum absolute atomic E-state index is 0.531. The van der Waals surface area contributed by atoms with E-state index in [1.807, 2.05) is 36.4 Å². The minimum atomic E-state index is -0.827. The minimum Gasteiger partial charge on any atom is -0.480 e. The van der Waals surface area contributed by atoms with Crippen LogP contribution in [0, 0.1) is 0 Å². The summed E-state index contributed by atoms with van der Waals surface area (Å²) < 4.78 is 0. The van der Waals surface area contributed by atoms with E-state index in [-0.39, 0.29) is 0 Å². The summed E-state index contributed by atoms with van der Waals surface area (Å²) in [6, 6.07) is 9.88. The van der Waals surface area contributed by atoms with Crippen LogP contribution in [0.15, 0.2) is 41.4 Å². The van der Waals surface area contributed by atoms with Gasteiger partial charge in [0.15, 0.2) is 0 Å². The summed E-state index contributed by atoms with van der Waals surface area (Å²) in [7, 11) is 0. The van der Waals surface area contributed by atoms with Gasteiger partial charge in [-0.15, -0.1) is 0 Å². The van der Waals surface area contributed by atoms with Gasteiger partial charge in [-0.2, -0.15) is 0 Å². The highest BCUT2D eigenvalue weighted by Gasteiger charge is 2.21. The van der Waals surface area contributed by atoms with E-state index in [9.17, 15) is 4.79 Å². The van der Waals surface area contributed by atoms with Crippen molar-refractivity contribution in [1.82, 2.24) is 4.98 Å². The van der Waals surface area contributed by atoms with Crippen molar-refractivity contribution >= 4 is 34.7 Å². The molecule has 1 atom stereocenters. The first kappa shape index (κ1) is 10.4. The Hall–Kier alpha value is -1.81. The van der Waals surface area contributed by atoms with Crippen LogP contribution in [0.25, 0.3) is 17.0 Å². The number of thioether (sulfide) groups is 1. The predicted octanol–water partition coefficient (Wildman–Crippen LogP) is 2.81. The third-order valence-electron chi connectivity index (χ3n) is 2.65. The van der Waals surface area contributed by atoms with Crippen LogP contribution in [0.1, 0.15) is 5.56 Å². The fourth-order valence-electron chi connectivity index (χ4n) is 1.81. The van der Waals surface area contributed by atoms with Gasteiger partial charge in [-0.25, -0.2) is 4.98 Å². The third-order valence-corrected chi connectivity index (χ3v) is 3.81. The van der Waals surface area contributed by atoms with E-state index in [2.05, 4.69) is 4.98 Å². The molecule has 4 heteroatoms. The molecule has 2 heterocycles. The molecule has 1 N–H and O–H groups in total. The van der Waals surface area contributed by atoms with Crippen molar-refractivity contribution in [1.29, 1.82) is 0 Å². The summed E-state index contributed by atoms with van der Waals surface area (Å²) in [5.74, 6) is -0.827. The summed E-state index contributed by atoms with van der Waals surface area (Å²) in [4.78, 5) is 15.4. The number of carboxylic acid groups (broad SMARTS) is 1. The molecule has 0 spiro atoms. The van der Waals surface area contributed by atoms with Crippen molar-refractivity contribution in [2.75, 3.05) is 0 Å². The van der Waals surface area contributed by atoms with Gasteiger partial charge in [0.2, 0.25) is 0 Å². The molecule has 17 heavy (non-hydrogen) atoms. The average molecular weight is 243 g/mol. The smallest absolute Gasteiger partial charge is 0.320 e. The number of rotatable bonds is 1. The number of pyridine rings is 1. The normalized spacial score (nSPS) is 18.0. The summed E-state index contributed by atoms with van der Waals surface area (Å²) in [5, 5.41) is 10.3. The Labute approximate surface area is 102 Å². The molecule has 2 aromatic rings. The fourth-order valence-corrected chi connectivity index (χ4v) is 2.72. The maximum Gasteiger partial charge on any atom is 0.320 e. The molecule has 1 aliphatic rings. The highest BCUT2D eigenvalue weighted by atomic mass is 32.2. The Balaban J connectivity index is 2.13. The first-order valence-electron chi connectivity index (χ1n) is 5.21. The largest absolute Gasteiger partial charge is 0.480 e. The maximum atomic E-state index is 10.9. The lowest BCUT2D eigenvalue weighted by Gasteiger charge is -2.15.